The van der Waals surface area contributed by atoms with Crippen molar-refractivity contribution in [3.63, 3.8) is 0 Å². The molecule has 33 heavy (non-hydrogen) atoms. The molecule has 0 aliphatic carbocycles. The Morgan fingerprint density at radius 3 is 2.27 bits per heavy atom. The van der Waals surface area contributed by atoms with E-state index in [9.17, 15) is 22.0 Å². The summed E-state index contributed by atoms with van der Waals surface area (Å²) >= 11 is 0. The first-order chi connectivity index (χ1) is 15.5. The summed E-state index contributed by atoms with van der Waals surface area (Å²) in [5.74, 6) is -2.13. The van der Waals surface area contributed by atoms with Crippen molar-refractivity contribution in [2.75, 3.05) is 7.05 Å². The minimum absolute atomic E-state index is 0.102. The van der Waals surface area contributed by atoms with Gasteiger partial charge in [-0.05, 0) is 48.9 Å². The van der Waals surface area contributed by atoms with Crippen molar-refractivity contribution in [1.29, 1.82) is 0 Å². The number of hydrogen-bond donors (Lipinski definition) is 3. The predicted octanol–water partition coefficient (Wildman–Crippen LogP) is 2.96. The number of aliphatic imine (C=N–C) groups is 1. The Morgan fingerprint density at radius 1 is 1.12 bits per heavy atom. The third kappa shape index (κ3) is 7.39. The molecule has 0 heterocycles. The van der Waals surface area contributed by atoms with Crippen molar-refractivity contribution in [1.82, 2.24) is 10.6 Å². The number of carbonyl (C=O) groups is 1. The van der Waals surface area contributed by atoms with Crippen molar-refractivity contribution in [2.45, 2.75) is 23.3 Å². The van der Waals surface area contributed by atoms with Crippen LogP contribution in [0.5, 0.6) is 0 Å². The largest absolute Gasteiger partial charge is 0.384 e. The van der Waals surface area contributed by atoms with Crippen molar-refractivity contribution < 1.29 is 22.0 Å². The monoisotopic (exact) mass is 474 g/mol. The Kier molecular flexibility index (Phi) is 8.63. The number of benzene rings is 2. The highest BCUT2D eigenvalue weighted by Gasteiger charge is 2.19. The molecule has 0 aromatic heterocycles. The van der Waals surface area contributed by atoms with Gasteiger partial charge in [0, 0.05) is 25.9 Å². The van der Waals surface area contributed by atoms with Crippen LogP contribution in [-0.4, -0.2) is 27.2 Å². The van der Waals surface area contributed by atoms with E-state index in [0.29, 0.717) is 17.2 Å². The number of nitrogens with one attached hydrogen (secondary N) is 2. The van der Waals surface area contributed by atoms with E-state index in [1.54, 1.807) is 13.0 Å². The van der Waals surface area contributed by atoms with E-state index in [1.807, 2.05) is 0 Å². The van der Waals surface area contributed by atoms with Gasteiger partial charge in [-0.3, -0.25) is 9.79 Å². The molecule has 1 amide bonds. The highest BCUT2D eigenvalue weighted by Crippen LogP contribution is 2.23. The van der Waals surface area contributed by atoms with Crippen LogP contribution >= 0.6 is 0 Å². The average Bonchev–Trinajstić information content (AvgIpc) is 2.76. The Balaban J connectivity index is 2.11. The van der Waals surface area contributed by atoms with Crippen LogP contribution in [0.2, 0.25) is 0 Å². The summed E-state index contributed by atoms with van der Waals surface area (Å²) in [6.45, 7) is 5.58. The Morgan fingerprint density at radius 2 is 1.73 bits per heavy atom. The van der Waals surface area contributed by atoms with Gasteiger partial charge in [0.25, 0.3) is 5.91 Å². The minimum atomic E-state index is -4.10. The third-order valence-electron chi connectivity index (χ3n) is 4.22. The lowest BCUT2D eigenvalue weighted by molar-refractivity contribution is -0.117. The maximum Gasteiger partial charge on any atom is 0.267 e. The van der Waals surface area contributed by atoms with E-state index >= 15 is 0 Å². The standard InChI is InChI=1S/C23H24F2N4O3S/c1-15(2)10-21(28-9-8-22(26)27-3)23(30)29-14-16-4-6-19(7-5-16)33(31,32)20-12-17(24)11-18(25)13-20/h4-13,28H,1,14H2,2-3H3,(H2,26,27)(H,29,30)/b9-8+,21-10-. The fourth-order valence-corrected chi connectivity index (χ4v) is 3.90. The van der Waals surface area contributed by atoms with Crippen LogP contribution in [-0.2, 0) is 21.2 Å². The Bertz CT molecular complexity index is 1210. The molecule has 0 aliphatic heterocycles. The lowest BCUT2D eigenvalue weighted by atomic mass is 10.2. The van der Waals surface area contributed by atoms with Gasteiger partial charge < -0.3 is 16.4 Å². The molecule has 0 spiro atoms. The topological polar surface area (TPSA) is 114 Å². The average molecular weight is 475 g/mol. The fraction of sp³-hybridized carbons (Fsp3) is 0.130. The predicted molar refractivity (Wildman–Crippen MR) is 123 cm³/mol. The van der Waals surface area contributed by atoms with Gasteiger partial charge in [0.1, 0.15) is 23.2 Å². The smallest absolute Gasteiger partial charge is 0.267 e. The van der Waals surface area contributed by atoms with Gasteiger partial charge in [-0.1, -0.05) is 24.3 Å². The van der Waals surface area contributed by atoms with Gasteiger partial charge in [-0.25, -0.2) is 17.2 Å². The van der Waals surface area contributed by atoms with Gasteiger partial charge in [0.2, 0.25) is 9.84 Å². The maximum atomic E-state index is 13.4. The summed E-state index contributed by atoms with van der Waals surface area (Å²) in [5.41, 5.74) is 7.04. The number of sulfone groups is 1. The number of rotatable bonds is 9. The molecule has 2 rings (SSSR count). The molecule has 10 heteroatoms. The van der Waals surface area contributed by atoms with Crippen molar-refractivity contribution in [3.8, 4) is 0 Å². The molecule has 4 N–H and O–H groups in total. The number of amidine groups is 1. The van der Waals surface area contributed by atoms with Crippen LogP contribution in [0, 0.1) is 11.6 Å². The van der Waals surface area contributed by atoms with E-state index in [0.717, 1.165) is 12.1 Å². The molecule has 0 unspecified atom stereocenters. The lowest BCUT2D eigenvalue weighted by Crippen LogP contribution is -2.29. The first-order valence-corrected chi connectivity index (χ1v) is 11.1. The number of amides is 1. The zero-order valence-corrected chi connectivity index (χ0v) is 18.9. The molecule has 0 bridgehead atoms. The first kappa shape index (κ1) is 25.5. The SMILES string of the molecule is C=C(C)/C=C(\N/C=C/C(N)=NC)C(=O)NCc1ccc(S(=O)(=O)c2cc(F)cc(F)c2)cc1. The van der Waals surface area contributed by atoms with Crippen molar-refractivity contribution in [3.05, 3.63) is 95.9 Å². The number of allylic oxidation sites excluding steroid dienone is 2. The summed E-state index contributed by atoms with van der Waals surface area (Å²) in [6.07, 6.45) is 4.50. The summed E-state index contributed by atoms with van der Waals surface area (Å²) < 4.78 is 52.1. The fourth-order valence-electron chi connectivity index (χ4n) is 2.59. The number of halogens is 2. The number of carbonyl (C=O) groups excluding carboxylic acids is 1. The highest BCUT2D eigenvalue weighted by atomic mass is 32.2. The molecule has 0 aliphatic rings. The van der Waals surface area contributed by atoms with Crippen LogP contribution in [0.4, 0.5) is 8.78 Å². The zero-order chi connectivity index (χ0) is 24.6. The van der Waals surface area contributed by atoms with E-state index in [-0.39, 0.29) is 23.0 Å². The van der Waals surface area contributed by atoms with Gasteiger partial charge in [-0.15, -0.1) is 0 Å². The van der Waals surface area contributed by atoms with Crippen LogP contribution in [0.15, 0.2) is 93.4 Å². The van der Waals surface area contributed by atoms with E-state index in [2.05, 4.69) is 22.2 Å². The molecule has 174 valence electrons. The minimum Gasteiger partial charge on any atom is -0.384 e. The molecular weight excluding hydrogens is 450 g/mol. The van der Waals surface area contributed by atoms with Gasteiger partial charge >= 0.3 is 0 Å². The van der Waals surface area contributed by atoms with Crippen LogP contribution < -0.4 is 16.4 Å². The summed E-state index contributed by atoms with van der Waals surface area (Å²) in [5, 5.41) is 5.52. The van der Waals surface area contributed by atoms with E-state index in [4.69, 9.17) is 5.73 Å². The molecule has 2 aromatic rings. The molecular formula is C23H24F2N4O3S. The summed E-state index contributed by atoms with van der Waals surface area (Å²) in [4.78, 5) is 15.7. The van der Waals surface area contributed by atoms with Crippen LogP contribution in [0.25, 0.3) is 0 Å². The van der Waals surface area contributed by atoms with Gasteiger partial charge in [0.15, 0.2) is 0 Å². The van der Waals surface area contributed by atoms with Crippen LogP contribution in [0.1, 0.15) is 12.5 Å². The second-order valence-corrected chi connectivity index (χ2v) is 8.92. The quantitative estimate of drug-likeness (QED) is 0.224. The highest BCUT2D eigenvalue weighted by molar-refractivity contribution is 7.91. The Hall–Kier alpha value is -3.79. The number of nitrogens with two attached hydrogens (primary N) is 1. The molecule has 0 saturated carbocycles. The summed E-state index contributed by atoms with van der Waals surface area (Å²) in [7, 11) is -2.57. The first-order valence-electron chi connectivity index (χ1n) is 9.64. The molecule has 2 aromatic carbocycles. The van der Waals surface area contributed by atoms with Gasteiger partial charge in [-0.2, -0.15) is 0 Å². The van der Waals surface area contributed by atoms with E-state index in [1.165, 1.54) is 43.6 Å². The van der Waals surface area contributed by atoms with E-state index < -0.39 is 32.3 Å². The normalized spacial score (nSPS) is 12.6. The lowest BCUT2D eigenvalue weighted by Gasteiger charge is -2.10. The molecule has 0 radical (unpaired) electrons. The zero-order valence-electron chi connectivity index (χ0n) is 18.1. The third-order valence-corrected chi connectivity index (χ3v) is 5.97. The second-order valence-electron chi connectivity index (χ2n) is 6.97. The maximum absolute atomic E-state index is 13.4. The molecule has 0 atom stereocenters. The second kappa shape index (κ2) is 11.2. The van der Waals surface area contributed by atoms with Gasteiger partial charge in [0.05, 0.1) is 9.79 Å². The Labute approximate surface area is 191 Å². The van der Waals surface area contributed by atoms with Crippen LogP contribution in [0.3, 0.4) is 0 Å². The molecule has 7 nitrogen and oxygen atoms in total. The summed E-state index contributed by atoms with van der Waals surface area (Å²) in [6, 6.07) is 7.70. The van der Waals surface area contributed by atoms with Crippen molar-refractivity contribution >= 4 is 21.6 Å². The number of nitrogens with zero attached hydrogens (tertiary/aromatic N) is 1. The molecule has 0 saturated heterocycles. The number of hydrogen-bond acceptors (Lipinski definition) is 5. The van der Waals surface area contributed by atoms with Crippen molar-refractivity contribution in [2.24, 2.45) is 10.7 Å². The molecule has 0 fully saturated rings.